The fourth-order valence-electron chi connectivity index (χ4n) is 3.10. The first-order chi connectivity index (χ1) is 12.5. The number of unbranched alkanes of at least 4 members (excludes halogenated alkanes) is 9. The van der Waals surface area contributed by atoms with Crippen LogP contribution >= 0.6 is 0 Å². The van der Waals surface area contributed by atoms with Crippen molar-refractivity contribution in [3.8, 4) is 5.75 Å². The van der Waals surface area contributed by atoms with E-state index in [4.69, 9.17) is 0 Å². The molecule has 0 aliphatic carbocycles. The third-order valence-corrected chi connectivity index (χ3v) is 4.53. The molecule has 5 heteroatoms. The molecule has 1 aromatic rings. The zero-order valence-corrected chi connectivity index (χ0v) is 16.1. The Balaban J connectivity index is 2.41. The van der Waals surface area contributed by atoms with Gasteiger partial charge in [-0.3, -0.25) is 4.79 Å². The third kappa shape index (κ3) is 8.37. The second kappa shape index (κ2) is 12.3. The van der Waals surface area contributed by atoms with Crippen LogP contribution in [0.25, 0.3) is 0 Å². The minimum Gasteiger partial charge on any atom is -0.505 e. The van der Waals surface area contributed by atoms with E-state index in [1.165, 1.54) is 64.4 Å². The lowest BCUT2D eigenvalue weighted by atomic mass is 10.0. The summed E-state index contributed by atoms with van der Waals surface area (Å²) in [4.78, 5) is 22.5. The largest absolute Gasteiger partial charge is 0.505 e. The van der Waals surface area contributed by atoms with Gasteiger partial charge in [0.1, 0.15) is 5.56 Å². The minimum absolute atomic E-state index is 0.166. The van der Waals surface area contributed by atoms with Gasteiger partial charge in [-0.05, 0) is 30.5 Å². The average Bonchev–Trinajstić information content (AvgIpc) is 2.58. The van der Waals surface area contributed by atoms with Crippen molar-refractivity contribution >= 4 is 17.6 Å². The second-order valence-corrected chi connectivity index (χ2v) is 6.96. The molecule has 0 aliphatic rings. The first-order valence-corrected chi connectivity index (χ1v) is 9.82. The van der Waals surface area contributed by atoms with Gasteiger partial charge in [0.2, 0.25) is 5.91 Å². The van der Waals surface area contributed by atoms with Crippen LogP contribution in [0.1, 0.15) is 94.0 Å². The first-order valence-electron chi connectivity index (χ1n) is 9.82. The van der Waals surface area contributed by atoms with E-state index in [9.17, 15) is 19.8 Å². The van der Waals surface area contributed by atoms with Gasteiger partial charge in [-0.15, -0.1) is 0 Å². The fourth-order valence-corrected chi connectivity index (χ4v) is 3.10. The number of nitrogens with one attached hydrogen (secondary N) is 1. The van der Waals surface area contributed by atoms with Crippen LogP contribution < -0.4 is 5.32 Å². The first kappa shape index (κ1) is 22.0. The Kier molecular flexibility index (Phi) is 10.4. The lowest BCUT2D eigenvalue weighted by Crippen LogP contribution is -2.09. The zero-order valence-electron chi connectivity index (χ0n) is 16.1. The van der Waals surface area contributed by atoms with E-state index in [2.05, 4.69) is 12.2 Å². The molecule has 5 nitrogen and oxygen atoms in total. The number of hydrogen-bond acceptors (Lipinski definition) is 3. The number of rotatable bonds is 13. The molecule has 0 fully saturated rings. The molecule has 3 N–H and O–H groups in total. The number of carbonyl (C=O) groups excluding carboxylic acids is 1. The summed E-state index contributed by atoms with van der Waals surface area (Å²) in [7, 11) is 0. The van der Waals surface area contributed by atoms with Crippen molar-refractivity contribution in [2.75, 3.05) is 5.32 Å². The minimum atomic E-state index is -1.20. The monoisotopic (exact) mass is 363 g/mol. The van der Waals surface area contributed by atoms with Crippen molar-refractivity contribution < 1.29 is 19.8 Å². The highest BCUT2D eigenvalue weighted by Crippen LogP contribution is 2.30. The van der Waals surface area contributed by atoms with E-state index in [0.29, 0.717) is 0 Å². The molecule has 0 aromatic heterocycles. The smallest absolute Gasteiger partial charge is 0.339 e. The van der Waals surface area contributed by atoms with Gasteiger partial charge in [-0.2, -0.15) is 0 Å². The molecule has 1 aromatic carbocycles. The van der Waals surface area contributed by atoms with Crippen molar-refractivity contribution in [2.45, 2.75) is 84.5 Å². The number of aromatic hydroxyl groups is 1. The topological polar surface area (TPSA) is 86.6 Å². The molecule has 1 rings (SSSR count). The number of benzene rings is 1. The van der Waals surface area contributed by atoms with Gasteiger partial charge in [-0.25, -0.2) is 4.79 Å². The van der Waals surface area contributed by atoms with Crippen molar-refractivity contribution in [2.24, 2.45) is 0 Å². The van der Waals surface area contributed by atoms with Crippen LogP contribution in [0.5, 0.6) is 5.75 Å². The van der Waals surface area contributed by atoms with Gasteiger partial charge in [0.05, 0.1) is 5.69 Å². The van der Waals surface area contributed by atoms with E-state index in [0.717, 1.165) is 24.8 Å². The van der Waals surface area contributed by atoms with E-state index in [-0.39, 0.29) is 22.9 Å². The highest BCUT2D eigenvalue weighted by molar-refractivity contribution is 5.97. The molecule has 26 heavy (non-hydrogen) atoms. The maximum atomic E-state index is 11.3. The Morgan fingerprint density at radius 3 is 1.96 bits per heavy atom. The summed E-state index contributed by atoms with van der Waals surface area (Å²) in [6.07, 6.45) is 13.2. The number of phenols is 1. The molecule has 0 bridgehead atoms. The maximum absolute atomic E-state index is 11.3. The summed E-state index contributed by atoms with van der Waals surface area (Å²) >= 11 is 0. The van der Waals surface area contributed by atoms with E-state index in [1.54, 1.807) is 6.07 Å². The fraction of sp³-hybridized carbons (Fsp3) is 0.619. The molecule has 0 unspecified atom stereocenters. The number of amides is 1. The van der Waals surface area contributed by atoms with Crippen molar-refractivity contribution in [3.05, 3.63) is 23.3 Å². The summed E-state index contributed by atoms with van der Waals surface area (Å²) in [6, 6.07) is 3.16. The van der Waals surface area contributed by atoms with Crippen molar-refractivity contribution in [3.63, 3.8) is 0 Å². The number of aryl methyl sites for hydroxylation is 1. The summed E-state index contributed by atoms with van der Waals surface area (Å²) in [5.41, 5.74) is 0.821. The highest BCUT2D eigenvalue weighted by Gasteiger charge is 2.16. The normalized spacial score (nSPS) is 10.7. The Morgan fingerprint density at radius 1 is 0.923 bits per heavy atom. The van der Waals surface area contributed by atoms with Crippen LogP contribution in [0.4, 0.5) is 5.69 Å². The van der Waals surface area contributed by atoms with Crippen molar-refractivity contribution in [1.29, 1.82) is 0 Å². The summed E-state index contributed by atoms with van der Waals surface area (Å²) in [6.45, 7) is 3.56. The van der Waals surface area contributed by atoms with Gasteiger partial charge in [0, 0.05) is 6.92 Å². The lowest BCUT2D eigenvalue weighted by Gasteiger charge is -2.11. The van der Waals surface area contributed by atoms with E-state index < -0.39 is 5.97 Å². The molecule has 146 valence electrons. The Bertz CT molecular complexity index is 584. The van der Waals surface area contributed by atoms with Gasteiger partial charge < -0.3 is 15.5 Å². The highest BCUT2D eigenvalue weighted by atomic mass is 16.4. The second-order valence-electron chi connectivity index (χ2n) is 6.96. The predicted molar refractivity (Wildman–Crippen MR) is 105 cm³/mol. The quantitative estimate of drug-likeness (QED) is 0.318. The van der Waals surface area contributed by atoms with Gasteiger partial charge in [0.15, 0.2) is 5.75 Å². The third-order valence-electron chi connectivity index (χ3n) is 4.53. The number of anilines is 1. The number of carboxylic acids is 1. The molecule has 0 heterocycles. The van der Waals surface area contributed by atoms with Crippen LogP contribution in [0, 0.1) is 0 Å². The molecule has 0 saturated heterocycles. The van der Waals surface area contributed by atoms with Crippen LogP contribution in [0.15, 0.2) is 12.1 Å². The molecule has 0 atom stereocenters. The summed E-state index contributed by atoms with van der Waals surface area (Å²) in [5, 5.41) is 21.7. The maximum Gasteiger partial charge on any atom is 0.339 e. The van der Waals surface area contributed by atoms with Crippen LogP contribution in [-0.4, -0.2) is 22.1 Å². The van der Waals surface area contributed by atoms with Crippen LogP contribution in [-0.2, 0) is 11.2 Å². The molecular formula is C21H33NO4. The van der Waals surface area contributed by atoms with Gasteiger partial charge >= 0.3 is 5.97 Å². The molecule has 0 spiro atoms. The number of hydrogen-bond donors (Lipinski definition) is 3. The zero-order chi connectivity index (χ0) is 19.4. The molecule has 0 saturated carbocycles. The molecule has 0 aliphatic heterocycles. The Labute approximate surface area is 156 Å². The predicted octanol–water partition coefficient (Wildman–Crippen LogP) is 5.51. The van der Waals surface area contributed by atoms with Crippen molar-refractivity contribution in [1.82, 2.24) is 0 Å². The molecular weight excluding hydrogens is 330 g/mol. The van der Waals surface area contributed by atoms with E-state index in [1.807, 2.05) is 0 Å². The summed E-state index contributed by atoms with van der Waals surface area (Å²) in [5.74, 6) is -1.92. The lowest BCUT2D eigenvalue weighted by molar-refractivity contribution is -0.114. The molecule has 1 amide bonds. The van der Waals surface area contributed by atoms with E-state index >= 15 is 0 Å². The summed E-state index contributed by atoms with van der Waals surface area (Å²) < 4.78 is 0. The standard InChI is InChI=1S/C21H33NO4/c1-3-4-5-6-7-8-9-10-11-12-13-17-14-18(21(25)26)20(24)19(15-17)22-16(2)23/h14-15,24H,3-13H2,1-2H3,(H,22,23)(H,25,26). The average molecular weight is 363 g/mol. The van der Waals surface area contributed by atoms with Gasteiger partial charge in [0.25, 0.3) is 0 Å². The number of carboxylic acid groups (broad SMARTS) is 1. The van der Waals surface area contributed by atoms with Crippen LogP contribution in [0.2, 0.25) is 0 Å². The van der Waals surface area contributed by atoms with Gasteiger partial charge in [-0.1, -0.05) is 64.7 Å². The molecule has 0 radical (unpaired) electrons. The Hall–Kier alpha value is -2.04. The Morgan fingerprint density at radius 2 is 1.46 bits per heavy atom. The number of aromatic carboxylic acids is 1. The van der Waals surface area contributed by atoms with Crippen LogP contribution in [0.3, 0.4) is 0 Å². The number of carbonyl (C=O) groups is 2. The SMILES string of the molecule is CCCCCCCCCCCCc1cc(NC(C)=O)c(O)c(C(=O)O)c1.